The van der Waals surface area contributed by atoms with E-state index in [0.29, 0.717) is 10.8 Å². The van der Waals surface area contributed by atoms with E-state index >= 15 is 0 Å². The summed E-state index contributed by atoms with van der Waals surface area (Å²) >= 11 is 0. The van der Waals surface area contributed by atoms with E-state index in [2.05, 4.69) is 15.0 Å². The molecule has 2 atom stereocenters. The van der Waals surface area contributed by atoms with Gasteiger partial charge in [-0.15, -0.1) is 0 Å². The molecular weight excluding hydrogens is 312 g/mol. The molecule has 0 aliphatic heterocycles. The first-order valence-electron chi connectivity index (χ1n) is 7.63. The van der Waals surface area contributed by atoms with Crippen LogP contribution in [0, 0.1) is 5.92 Å². The van der Waals surface area contributed by atoms with Crippen molar-refractivity contribution in [2.24, 2.45) is 5.92 Å². The maximum Gasteiger partial charge on any atom is 0.407 e. The number of carbonyl (C=O) groups excluding carboxylic acids is 1. The van der Waals surface area contributed by atoms with Gasteiger partial charge >= 0.3 is 6.09 Å². The summed E-state index contributed by atoms with van der Waals surface area (Å²) in [5.41, 5.74) is 0.301. The Morgan fingerprint density at radius 3 is 2.46 bits per heavy atom. The van der Waals surface area contributed by atoms with Crippen molar-refractivity contribution < 1.29 is 24.9 Å². The third-order valence-electron chi connectivity index (χ3n) is 3.86. The SMILES string of the molecule is COC(=O)N[C@@H](C(C)C)C(O)c1nc(C(O)O)cc2ccccc12. The number of rotatable bonds is 5. The number of fused-ring (bicyclic) bond motifs is 1. The van der Waals surface area contributed by atoms with E-state index in [1.165, 1.54) is 7.11 Å². The van der Waals surface area contributed by atoms with Crippen molar-refractivity contribution in [3.63, 3.8) is 0 Å². The average molecular weight is 334 g/mol. The van der Waals surface area contributed by atoms with Crippen LogP contribution in [-0.2, 0) is 4.74 Å². The van der Waals surface area contributed by atoms with Crippen LogP contribution in [-0.4, -0.2) is 39.5 Å². The molecule has 1 aromatic heterocycles. The number of alkyl carbamates (subject to hydrolysis) is 1. The lowest BCUT2D eigenvalue weighted by molar-refractivity contribution is -0.0461. The van der Waals surface area contributed by atoms with Crippen LogP contribution in [0.2, 0.25) is 0 Å². The van der Waals surface area contributed by atoms with Crippen molar-refractivity contribution in [1.29, 1.82) is 0 Å². The molecule has 0 saturated carbocycles. The van der Waals surface area contributed by atoms with Crippen molar-refractivity contribution in [3.05, 3.63) is 41.7 Å². The van der Waals surface area contributed by atoms with Crippen LogP contribution in [0.5, 0.6) is 0 Å². The van der Waals surface area contributed by atoms with Gasteiger partial charge in [0.2, 0.25) is 0 Å². The number of hydrogen-bond donors (Lipinski definition) is 4. The molecule has 0 spiro atoms. The molecule has 1 heterocycles. The lowest BCUT2D eigenvalue weighted by Crippen LogP contribution is -2.43. The van der Waals surface area contributed by atoms with Crippen molar-refractivity contribution in [3.8, 4) is 0 Å². The predicted molar refractivity (Wildman–Crippen MR) is 88.0 cm³/mol. The normalized spacial score (nSPS) is 14.0. The summed E-state index contributed by atoms with van der Waals surface area (Å²) in [4.78, 5) is 15.8. The van der Waals surface area contributed by atoms with Crippen molar-refractivity contribution in [2.45, 2.75) is 32.3 Å². The number of carbonyl (C=O) groups is 1. The highest BCUT2D eigenvalue weighted by atomic mass is 16.5. The van der Waals surface area contributed by atoms with E-state index in [1.54, 1.807) is 30.3 Å². The standard InChI is InChI=1S/C17H22N2O5/c1-9(2)13(19-17(23)24-3)15(20)14-11-7-5-4-6-10(11)8-12(18-14)16(21)22/h4-9,13,15-16,20-22H,1-3H3,(H,19,23)/t13-,15?/m0/s1. The highest BCUT2D eigenvalue weighted by Crippen LogP contribution is 2.29. The summed E-state index contributed by atoms with van der Waals surface area (Å²) in [6, 6.07) is 8.07. The van der Waals surface area contributed by atoms with E-state index < -0.39 is 24.5 Å². The second-order valence-corrected chi connectivity index (χ2v) is 5.88. The fourth-order valence-corrected chi connectivity index (χ4v) is 2.58. The first kappa shape index (κ1) is 18.1. The topological polar surface area (TPSA) is 112 Å². The minimum Gasteiger partial charge on any atom is -0.453 e. The Kier molecular flexibility index (Phi) is 5.71. The summed E-state index contributed by atoms with van der Waals surface area (Å²) in [5, 5.41) is 33.7. The zero-order valence-corrected chi connectivity index (χ0v) is 13.8. The summed E-state index contributed by atoms with van der Waals surface area (Å²) in [5.74, 6) is -0.109. The van der Waals surface area contributed by atoms with Gasteiger partial charge in [0.1, 0.15) is 6.10 Å². The summed E-state index contributed by atoms with van der Waals surface area (Å²) in [6.45, 7) is 3.69. The molecule has 130 valence electrons. The molecule has 2 aromatic rings. The molecule has 7 nitrogen and oxygen atoms in total. The van der Waals surface area contributed by atoms with Crippen LogP contribution in [0.1, 0.15) is 37.6 Å². The molecule has 7 heteroatoms. The Morgan fingerprint density at radius 1 is 1.21 bits per heavy atom. The number of methoxy groups -OCH3 is 1. The van der Waals surface area contributed by atoms with Gasteiger partial charge in [0.25, 0.3) is 0 Å². The van der Waals surface area contributed by atoms with E-state index in [0.717, 1.165) is 0 Å². The van der Waals surface area contributed by atoms with Crippen LogP contribution in [0.3, 0.4) is 0 Å². The molecule has 0 aliphatic carbocycles. The van der Waals surface area contributed by atoms with Gasteiger partial charge < -0.3 is 25.4 Å². The van der Waals surface area contributed by atoms with Gasteiger partial charge in [-0.25, -0.2) is 9.78 Å². The van der Waals surface area contributed by atoms with Crippen LogP contribution in [0.15, 0.2) is 30.3 Å². The van der Waals surface area contributed by atoms with Crippen molar-refractivity contribution in [2.75, 3.05) is 7.11 Å². The Bertz CT molecular complexity index is 717. The zero-order chi connectivity index (χ0) is 17.9. The second kappa shape index (κ2) is 7.57. The van der Waals surface area contributed by atoms with Gasteiger partial charge in [-0.2, -0.15) is 0 Å². The molecule has 24 heavy (non-hydrogen) atoms. The molecule has 1 unspecified atom stereocenters. The monoisotopic (exact) mass is 334 g/mol. The maximum atomic E-state index is 11.6. The van der Waals surface area contributed by atoms with Gasteiger partial charge in [-0.05, 0) is 17.4 Å². The number of benzene rings is 1. The number of ether oxygens (including phenoxy) is 1. The number of nitrogens with zero attached hydrogens (tertiary/aromatic N) is 1. The lowest BCUT2D eigenvalue weighted by Gasteiger charge is -2.27. The fraction of sp³-hybridized carbons (Fsp3) is 0.412. The molecule has 2 rings (SSSR count). The fourth-order valence-electron chi connectivity index (χ4n) is 2.58. The predicted octanol–water partition coefficient (Wildman–Crippen LogP) is 1.63. The number of pyridine rings is 1. The Labute approximate surface area is 139 Å². The van der Waals surface area contributed by atoms with Crippen LogP contribution in [0.4, 0.5) is 4.79 Å². The molecule has 1 amide bonds. The number of hydrogen-bond acceptors (Lipinski definition) is 6. The summed E-state index contributed by atoms with van der Waals surface area (Å²) in [6.07, 6.45) is -3.56. The van der Waals surface area contributed by atoms with Gasteiger partial charge in [0.05, 0.1) is 24.5 Å². The first-order chi connectivity index (χ1) is 11.3. The van der Waals surface area contributed by atoms with Gasteiger partial charge in [0.15, 0.2) is 6.29 Å². The summed E-state index contributed by atoms with van der Waals surface area (Å²) < 4.78 is 4.60. The molecule has 0 bridgehead atoms. The van der Waals surface area contributed by atoms with Gasteiger partial charge in [-0.3, -0.25) is 0 Å². The molecule has 0 fully saturated rings. The van der Waals surface area contributed by atoms with E-state index in [-0.39, 0.29) is 17.3 Å². The van der Waals surface area contributed by atoms with E-state index in [1.807, 2.05) is 13.8 Å². The first-order valence-corrected chi connectivity index (χ1v) is 7.63. The number of aliphatic hydroxyl groups excluding tert-OH is 2. The van der Waals surface area contributed by atoms with E-state index in [9.17, 15) is 20.1 Å². The molecular formula is C17H22N2O5. The average Bonchev–Trinajstić information content (AvgIpc) is 2.57. The third-order valence-corrected chi connectivity index (χ3v) is 3.86. The largest absolute Gasteiger partial charge is 0.453 e. The molecule has 0 radical (unpaired) electrons. The molecule has 0 aliphatic rings. The zero-order valence-electron chi connectivity index (χ0n) is 13.8. The van der Waals surface area contributed by atoms with E-state index in [4.69, 9.17) is 0 Å². The number of nitrogens with one attached hydrogen (secondary N) is 1. The lowest BCUT2D eigenvalue weighted by atomic mass is 9.93. The van der Waals surface area contributed by atoms with Crippen LogP contribution < -0.4 is 5.32 Å². The molecule has 4 N–H and O–H groups in total. The minimum absolute atomic E-state index is 0.0309. The highest BCUT2D eigenvalue weighted by Gasteiger charge is 2.29. The molecule has 1 aromatic carbocycles. The Balaban J connectivity index is 2.53. The smallest absolute Gasteiger partial charge is 0.407 e. The number of aliphatic hydroxyl groups is 3. The third kappa shape index (κ3) is 3.81. The number of aromatic nitrogens is 1. The Hall–Kier alpha value is -2.22. The maximum absolute atomic E-state index is 11.6. The number of amides is 1. The van der Waals surface area contributed by atoms with Gasteiger partial charge in [0, 0.05) is 5.39 Å². The van der Waals surface area contributed by atoms with Crippen LogP contribution >= 0.6 is 0 Å². The quantitative estimate of drug-likeness (QED) is 0.618. The van der Waals surface area contributed by atoms with Gasteiger partial charge in [-0.1, -0.05) is 38.1 Å². The van der Waals surface area contributed by atoms with Crippen LogP contribution in [0.25, 0.3) is 10.8 Å². The highest BCUT2D eigenvalue weighted by molar-refractivity contribution is 5.85. The van der Waals surface area contributed by atoms with Crippen molar-refractivity contribution in [1.82, 2.24) is 10.3 Å². The minimum atomic E-state index is -1.76. The Morgan fingerprint density at radius 2 is 1.88 bits per heavy atom. The second-order valence-electron chi connectivity index (χ2n) is 5.88. The summed E-state index contributed by atoms with van der Waals surface area (Å²) in [7, 11) is 1.25. The molecule has 0 saturated heterocycles. The van der Waals surface area contributed by atoms with Crippen molar-refractivity contribution >= 4 is 16.9 Å².